The lowest BCUT2D eigenvalue weighted by molar-refractivity contribution is 0.137. The summed E-state index contributed by atoms with van der Waals surface area (Å²) >= 11 is 11.7. The standard InChI is InChI=1S/C16H16Cl2FN3O/c1-10(12-4-2-3-5-14(12)19)21(11-6-7-11)9-22-16(23)15(18)13(17)8-20-22/h2-5,8,10-11H,6-7,9H2,1H3. The Morgan fingerprint density at radius 2 is 2.09 bits per heavy atom. The van der Waals surface area contributed by atoms with Crippen LogP contribution >= 0.6 is 23.2 Å². The fourth-order valence-corrected chi connectivity index (χ4v) is 2.92. The molecule has 1 saturated carbocycles. The third-order valence-corrected chi connectivity index (χ3v) is 4.86. The van der Waals surface area contributed by atoms with Crippen LogP contribution in [0.15, 0.2) is 35.3 Å². The zero-order chi connectivity index (χ0) is 16.6. The average Bonchev–Trinajstić information content (AvgIpc) is 3.37. The van der Waals surface area contributed by atoms with Crippen molar-refractivity contribution in [2.45, 2.75) is 38.5 Å². The third-order valence-electron chi connectivity index (χ3n) is 4.11. The topological polar surface area (TPSA) is 38.1 Å². The molecule has 0 saturated heterocycles. The Morgan fingerprint density at radius 1 is 1.39 bits per heavy atom. The van der Waals surface area contributed by atoms with E-state index in [0.717, 1.165) is 12.8 Å². The molecule has 1 aliphatic rings. The number of nitrogens with zero attached hydrogens (tertiary/aromatic N) is 3. The summed E-state index contributed by atoms with van der Waals surface area (Å²) in [5.74, 6) is -0.250. The predicted molar refractivity (Wildman–Crippen MR) is 88.2 cm³/mol. The van der Waals surface area contributed by atoms with Gasteiger partial charge in [-0.25, -0.2) is 9.07 Å². The van der Waals surface area contributed by atoms with Crippen LogP contribution in [0.1, 0.15) is 31.4 Å². The van der Waals surface area contributed by atoms with Crippen molar-refractivity contribution in [1.29, 1.82) is 0 Å². The number of halogens is 3. The number of rotatable bonds is 5. The lowest BCUT2D eigenvalue weighted by atomic mass is 10.1. The zero-order valence-corrected chi connectivity index (χ0v) is 14.1. The second-order valence-electron chi connectivity index (χ2n) is 5.70. The highest BCUT2D eigenvalue weighted by Gasteiger charge is 2.34. The molecule has 3 rings (SSSR count). The lowest BCUT2D eigenvalue weighted by Gasteiger charge is -2.29. The summed E-state index contributed by atoms with van der Waals surface area (Å²) in [7, 11) is 0. The fourth-order valence-electron chi connectivity index (χ4n) is 2.65. The van der Waals surface area contributed by atoms with Crippen molar-refractivity contribution >= 4 is 23.2 Å². The number of hydrogen-bond acceptors (Lipinski definition) is 3. The van der Waals surface area contributed by atoms with Crippen molar-refractivity contribution in [2.24, 2.45) is 0 Å². The Balaban J connectivity index is 1.90. The molecule has 0 bridgehead atoms. The maximum Gasteiger partial charge on any atom is 0.288 e. The van der Waals surface area contributed by atoms with E-state index in [1.807, 2.05) is 13.0 Å². The minimum atomic E-state index is -0.439. The van der Waals surface area contributed by atoms with Gasteiger partial charge in [0.15, 0.2) is 0 Å². The maximum absolute atomic E-state index is 14.1. The minimum Gasteiger partial charge on any atom is -0.274 e. The Labute approximate surface area is 143 Å². The molecule has 0 spiro atoms. The van der Waals surface area contributed by atoms with E-state index in [4.69, 9.17) is 23.2 Å². The van der Waals surface area contributed by atoms with E-state index in [1.165, 1.54) is 16.9 Å². The number of benzene rings is 1. The molecule has 0 aliphatic heterocycles. The Bertz CT molecular complexity index is 776. The largest absolute Gasteiger partial charge is 0.288 e. The first-order valence-electron chi connectivity index (χ1n) is 7.40. The van der Waals surface area contributed by atoms with Gasteiger partial charge in [0.05, 0.1) is 17.9 Å². The molecule has 1 aliphatic carbocycles. The van der Waals surface area contributed by atoms with Gasteiger partial charge < -0.3 is 0 Å². The van der Waals surface area contributed by atoms with Crippen LogP contribution in [-0.4, -0.2) is 20.7 Å². The van der Waals surface area contributed by atoms with Gasteiger partial charge in [-0.2, -0.15) is 5.10 Å². The molecule has 1 atom stereocenters. The summed E-state index contributed by atoms with van der Waals surface area (Å²) in [6, 6.07) is 6.82. The van der Waals surface area contributed by atoms with Gasteiger partial charge in [-0.3, -0.25) is 9.69 Å². The van der Waals surface area contributed by atoms with E-state index in [0.29, 0.717) is 11.6 Å². The van der Waals surface area contributed by atoms with Crippen LogP contribution in [-0.2, 0) is 6.67 Å². The Morgan fingerprint density at radius 3 is 2.74 bits per heavy atom. The van der Waals surface area contributed by atoms with Gasteiger partial charge in [0.25, 0.3) is 5.56 Å². The third kappa shape index (κ3) is 3.42. The summed E-state index contributed by atoms with van der Waals surface area (Å²) in [5, 5.41) is 4.13. The normalized spacial score (nSPS) is 15.9. The highest BCUT2D eigenvalue weighted by molar-refractivity contribution is 6.41. The molecule has 0 amide bonds. The van der Waals surface area contributed by atoms with Crippen molar-refractivity contribution in [1.82, 2.24) is 14.7 Å². The van der Waals surface area contributed by atoms with Crippen LogP contribution in [0.25, 0.3) is 0 Å². The number of hydrogen-bond donors (Lipinski definition) is 0. The van der Waals surface area contributed by atoms with Gasteiger partial charge >= 0.3 is 0 Å². The summed E-state index contributed by atoms with van der Waals surface area (Å²) in [5.41, 5.74) is 0.165. The molecule has 23 heavy (non-hydrogen) atoms. The SMILES string of the molecule is CC(c1ccccc1F)N(Cn1ncc(Cl)c(Cl)c1=O)C1CC1. The minimum absolute atomic E-state index is 0.0454. The molecule has 0 N–H and O–H groups in total. The first-order chi connectivity index (χ1) is 11.0. The van der Waals surface area contributed by atoms with Crippen LogP contribution in [0.2, 0.25) is 10.0 Å². The highest BCUT2D eigenvalue weighted by atomic mass is 35.5. The molecule has 1 aromatic heterocycles. The molecule has 4 nitrogen and oxygen atoms in total. The van der Waals surface area contributed by atoms with Crippen molar-refractivity contribution in [2.75, 3.05) is 0 Å². The molecule has 1 unspecified atom stereocenters. The van der Waals surface area contributed by atoms with E-state index < -0.39 is 5.56 Å². The van der Waals surface area contributed by atoms with E-state index in [-0.39, 0.29) is 28.6 Å². The molecule has 1 fully saturated rings. The molecule has 1 aromatic carbocycles. The maximum atomic E-state index is 14.1. The molecule has 2 aromatic rings. The summed E-state index contributed by atoms with van der Waals surface area (Å²) in [4.78, 5) is 14.2. The molecule has 122 valence electrons. The average molecular weight is 356 g/mol. The Kier molecular flexibility index (Phi) is 4.71. The Hall–Kier alpha value is -1.43. The van der Waals surface area contributed by atoms with Gasteiger partial charge in [-0.15, -0.1) is 0 Å². The lowest BCUT2D eigenvalue weighted by Crippen LogP contribution is -2.37. The van der Waals surface area contributed by atoms with E-state index in [2.05, 4.69) is 10.00 Å². The predicted octanol–water partition coefficient (Wildman–Crippen LogP) is 3.87. The van der Waals surface area contributed by atoms with Crippen LogP contribution in [0, 0.1) is 5.82 Å². The fraction of sp³-hybridized carbons (Fsp3) is 0.375. The first-order valence-corrected chi connectivity index (χ1v) is 8.16. The monoisotopic (exact) mass is 355 g/mol. The summed E-state index contributed by atoms with van der Waals surface area (Å²) < 4.78 is 15.3. The molecular formula is C16H16Cl2FN3O. The van der Waals surface area contributed by atoms with Crippen molar-refractivity contribution < 1.29 is 4.39 Å². The van der Waals surface area contributed by atoms with Crippen molar-refractivity contribution in [3.05, 3.63) is 62.2 Å². The van der Waals surface area contributed by atoms with Crippen LogP contribution in [0.3, 0.4) is 0 Å². The van der Waals surface area contributed by atoms with Crippen LogP contribution in [0.5, 0.6) is 0 Å². The van der Waals surface area contributed by atoms with Gasteiger partial charge in [0.1, 0.15) is 10.8 Å². The van der Waals surface area contributed by atoms with Gasteiger partial charge in [0, 0.05) is 17.6 Å². The van der Waals surface area contributed by atoms with Crippen LogP contribution < -0.4 is 5.56 Å². The van der Waals surface area contributed by atoms with Crippen molar-refractivity contribution in [3.8, 4) is 0 Å². The van der Waals surface area contributed by atoms with Gasteiger partial charge in [0.2, 0.25) is 0 Å². The van der Waals surface area contributed by atoms with Gasteiger partial charge in [-0.1, -0.05) is 41.4 Å². The second-order valence-corrected chi connectivity index (χ2v) is 6.48. The first kappa shape index (κ1) is 16.4. The van der Waals surface area contributed by atoms with Gasteiger partial charge in [-0.05, 0) is 25.8 Å². The van der Waals surface area contributed by atoms with E-state index in [9.17, 15) is 9.18 Å². The highest BCUT2D eigenvalue weighted by Crippen LogP contribution is 2.35. The zero-order valence-electron chi connectivity index (χ0n) is 12.5. The second kappa shape index (κ2) is 6.59. The van der Waals surface area contributed by atoms with Crippen LogP contribution in [0.4, 0.5) is 4.39 Å². The molecular weight excluding hydrogens is 340 g/mol. The van der Waals surface area contributed by atoms with E-state index >= 15 is 0 Å². The van der Waals surface area contributed by atoms with E-state index in [1.54, 1.807) is 12.1 Å². The molecule has 7 heteroatoms. The molecule has 0 radical (unpaired) electrons. The summed E-state index contributed by atoms with van der Waals surface area (Å²) in [6.07, 6.45) is 3.40. The quantitative estimate of drug-likeness (QED) is 0.816. The van der Waals surface area contributed by atoms with Crippen molar-refractivity contribution in [3.63, 3.8) is 0 Å². The molecule has 1 heterocycles. The number of aromatic nitrogens is 2. The summed E-state index contributed by atoms with van der Waals surface area (Å²) in [6.45, 7) is 2.18. The smallest absolute Gasteiger partial charge is 0.274 e.